The zero-order valence-corrected chi connectivity index (χ0v) is 9.93. The Kier molecular flexibility index (Phi) is 3.83. The van der Waals surface area contributed by atoms with Gasteiger partial charge in [0.05, 0.1) is 6.54 Å². The number of hydrogen-bond donors (Lipinski definition) is 0. The molecule has 1 aromatic heterocycles. The fraction of sp³-hybridized carbons (Fsp3) is 0.154. The van der Waals surface area contributed by atoms with E-state index in [1.807, 2.05) is 18.2 Å². The number of ether oxygens (including phenoxy) is 1. The van der Waals surface area contributed by atoms with Crippen LogP contribution in [-0.4, -0.2) is 11.2 Å². The molecule has 0 bridgehead atoms. The van der Waals surface area contributed by atoms with Crippen molar-refractivity contribution in [1.82, 2.24) is 4.57 Å². The van der Waals surface area contributed by atoms with Crippen molar-refractivity contribution in [3.8, 4) is 5.75 Å². The zero-order valence-electron chi connectivity index (χ0n) is 9.17. The van der Waals surface area contributed by atoms with Gasteiger partial charge in [-0.1, -0.05) is 23.7 Å². The number of hydrogen-bond acceptors (Lipinski definition) is 2. The molecule has 0 saturated carbocycles. The monoisotopic (exact) mass is 249 g/mol. The van der Waals surface area contributed by atoms with Gasteiger partial charge >= 0.3 is 0 Å². The molecule has 0 radical (unpaired) electrons. The Bertz CT molecular complexity index is 551. The molecule has 2 rings (SSSR count). The lowest BCUT2D eigenvalue weighted by molar-refractivity contribution is 0.296. The standard InChI is InChI=1S/C13H12ClNO2/c14-11-4-3-5-12(10-11)17-9-8-15-7-2-1-6-13(15)16/h1-7,10H,8-9H2. The summed E-state index contributed by atoms with van der Waals surface area (Å²) < 4.78 is 7.10. The number of halogens is 1. The van der Waals surface area contributed by atoms with Crippen LogP contribution < -0.4 is 10.3 Å². The molecule has 0 atom stereocenters. The normalized spacial score (nSPS) is 10.2. The largest absolute Gasteiger partial charge is 0.492 e. The van der Waals surface area contributed by atoms with Gasteiger partial charge in [-0.3, -0.25) is 4.79 Å². The summed E-state index contributed by atoms with van der Waals surface area (Å²) in [5, 5.41) is 0.638. The van der Waals surface area contributed by atoms with Gasteiger partial charge < -0.3 is 9.30 Å². The average molecular weight is 250 g/mol. The third kappa shape index (κ3) is 3.36. The van der Waals surface area contributed by atoms with Crippen molar-refractivity contribution in [2.24, 2.45) is 0 Å². The topological polar surface area (TPSA) is 31.2 Å². The van der Waals surface area contributed by atoms with Gasteiger partial charge in [0.1, 0.15) is 12.4 Å². The van der Waals surface area contributed by atoms with Crippen LogP contribution >= 0.6 is 11.6 Å². The highest BCUT2D eigenvalue weighted by Gasteiger charge is 1.96. The highest BCUT2D eigenvalue weighted by Crippen LogP contribution is 2.16. The van der Waals surface area contributed by atoms with E-state index in [9.17, 15) is 4.79 Å². The van der Waals surface area contributed by atoms with Crippen LogP contribution in [0.3, 0.4) is 0 Å². The van der Waals surface area contributed by atoms with Crippen LogP contribution in [0.4, 0.5) is 0 Å². The van der Waals surface area contributed by atoms with Gasteiger partial charge in [-0.15, -0.1) is 0 Å². The number of benzene rings is 1. The number of pyridine rings is 1. The van der Waals surface area contributed by atoms with Gasteiger partial charge in [0.2, 0.25) is 0 Å². The second-order valence-electron chi connectivity index (χ2n) is 3.54. The van der Waals surface area contributed by atoms with Crippen LogP contribution in [0.1, 0.15) is 0 Å². The van der Waals surface area contributed by atoms with Gasteiger partial charge in [-0.2, -0.15) is 0 Å². The highest BCUT2D eigenvalue weighted by atomic mass is 35.5. The summed E-state index contributed by atoms with van der Waals surface area (Å²) in [6, 6.07) is 12.3. The molecule has 0 aliphatic heterocycles. The van der Waals surface area contributed by atoms with E-state index in [2.05, 4.69) is 0 Å². The molecule has 0 unspecified atom stereocenters. The molecule has 1 heterocycles. The third-order valence-corrected chi connectivity index (χ3v) is 2.53. The maximum Gasteiger partial charge on any atom is 0.250 e. The molecule has 17 heavy (non-hydrogen) atoms. The van der Waals surface area contributed by atoms with Gasteiger partial charge in [0.25, 0.3) is 5.56 Å². The lowest BCUT2D eigenvalue weighted by Gasteiger charge is -2.07. The molecule has 0 aliphatic rings. The van der Waals surface area contributed by atoms with Gasteiger partial charge in [-0.05, 0) is 24.3 Å². The second-order valence-corrected chi connectivity index (χ2v) is 3.97. The number of rotatable bonds is 4. The summed E-state index contributed by atoms with van der Waals surface area (Å²) in [7, 11) is 0. The quantitative estimate of drug-likeness (QED) is 0.834. The SMILES string of the molecule is O=c1ccccn1CCOc1cccc(Cl)c1. The van der Waals surface area contributed by atoms with Crippen molar-refractivity contribution >= 4 is 11.6 Å². The van der Waals surface area contributed by atoms with Crippen molar-refractivity contribution < 1.29 is 4.74 Å². The molecule has 0 N–H and O–H groups in total. The first-order valence-electron chi connectivity index (χ1n) is 5.29. The van der Waals surface area contributed by atoms with Crippen LogP contribution in [0.25, 0.3) is 0 Å². The lowest BCUT2D eigenvalue weighted by Crippen LogP contribution is -2.21. The molecule has 0 amide bonds. The van der Waals surface area contributed by atoms with Gasteiger partial charge in [0, 0.05) is 17.3 Å². The maximum atomic E-state index is 11.4. The van der Waals surface area contributed by atoms with Crippen molar-refractivity contribution in [3.63, 3.8) is 0 Å². The Labute approximate surface area is 104 Å². The summed E-state index contributed by atoms with van der Waals surface area (Å²) in [6.07, 6.45) is 1.74. The molecule has 4 heteroatoms. The van der Waals surface area contributed by atoms with E-state index in [1.165, 1.54) is 6.07 Å². The van der Waals surface area contributed by atoms with Crippen molar-refractivity contribution in [2.75, 3.05) is 6.61 Å². The fourth-order valence-electron chi connectivity index (χ4n) is 1.46. The van der Waals surface area contributed by atoms with E-state index in [0.29, 0.717) is 23.9 Å². The zero-order chi connectivity index (χ0) is 12.1. The fourth-order valence-corrected chi connectivity index (χ4v) is 1.64. The summed E-state index contributed by atoms with van der Waals surface area (Å²) in [5.74, 6) is 0.710. The first-order valence-corrected chi connectivity index (χ1v) is 5.67. The van der Waals surface area contributed by atoms with Gasteiger partial charge in [0.15, 0.2) is 0 Å². The molecule has 0 spiro atoms. The first kappa shape index (κ1) is 11.7. The molecule has 88 valence electrons. The summed E-state index contributed by atoms with van der Waals surface area (Å²) in [4.78, 5) is 11.4. The molecule has 0 saturated heterocycles. The molecule has 3 nitrogen and oxygen atoms in total. The van der Waals surface area contributed by atoms with Crippen LogP contribution in [-0.2, 0) is 6.54 Å². The van der Waals surface area contributed by atoms with E-state index in [0.717, 1.165) is 0 Å². The Morgan fingerprint density at radius 2 is 2.06 bits per heavy atom. The predicted octanol–water partition coefficient (Wildman–Crippen LogP) is 2.58. The van der Waals surface area contributed by atoms with E-state index in [4.69, 9.17) is 16.3 Å². The minimum Gasteiger partial charge on any atom is -0.492 e. The van der Waals surface area contributed by atoms with Crippen LogP contribution in [0.15, 0.2) is 53.5 Å². The second kappa shape index (κ2) is 5.55. The molecular formula is C13H12ClNO2. The summed E-state index contributed by atoms with van der Waals surface area (Å²) in [5.41, 5.74) is -0.0257. The van der Waals surface area contributed by atoms with Crippen LogP contribution in [0, 0.1) is 0 Å². The highest BCUT2D eigenvalue weighted by molar-refractivity contribution is 6.30. The van der Waals surface area contributed by atoms with Crippen LogP contribution in [0.5, 0.6) is 5.75 Å². The van der Waals surface area contributed by atoms with E-state index in [1.54, 1.807) is 29.0 Å². The van der Waals surface area contributed by atoms with E-state index in [-0.39, 0.29) is 5.56 Å². The number of aromatic nitrogens is 1. The predicted molar refractivity (Wildman–Crippen MR) is 67.6 cm³/mol. The smallest absolute Gasteiger partial charge is 0.250 e. The summed E-state index contributed by atoms with van der Waals surface area (Å²) in [6.45, 7) is 0.955. The summed E-state index contributed by atoms with van der Waals surface area (Å²) >= 11 is 5.83. The first-order chi connectivity index (χ1) is 8.25. The minimum absolute atomic E-state index is 0.0257. The Morgan fingerprint density at radius 3 is 2.82 bits per heavy atom. The third-order valence-electron chi connectivity index (χ3n) is 2.30. The minimum atomic E-state index is -0.0257. The van der Waals surface area contributed by atoms with Crippen molar-refractivity contribution in [3.05, 3.63) is 64.0 Å². The average Bonchev–Trinajstić information content (AvgIpc) is 2.32. The molecule has 0 aliphatic carbocycles. The maximum absolute atomic E-state index is 11.4. The molecule has 0 fully saturated rings. The van der Waals surface area contributed by atoms with Crippen LogP contribution in [0.2, 0.25) is 5.02 Å². The Hall–Kier alpha value is -1.74. The van der Waals surface area contributed by atoms with E-state index >= 15 is 0 Å². The molecular weight excluding hydrogens is 238 g/mol. The molecule has 2 aromatic rings. The van der Waals surface area contributed by atoms with Crippen molar-refractivity contribution in [2.45, 2.75) is 6.54 Å². The Morgan fingerprint density at radius 1 is 1.18 bits per heavy atom. The van der Waals surface area contributed by atoms with Gasteiger partial charge in [-0.25, -0.2) is 0 Å². The molecule has 1 aromatic carbocycles. The van der Waals surface area contributed by atoms with Crippen molar-refractivity contribution in [1.29, 1.82) is 0 Å². The lowest BCUT2D eigenvalue weighted by atomic mass is 10.3. The van der Waals surface area contributed by atoms with E-state index < -0.39 is 0 Å². The Balaban J connectivity index is 1.92. The number of nitrogens with zero attached hydrogens (tertiary/aromatic N) is 1.